The molecule has 28 heavy (non-hydrogen) atoms. The predicted molar refractivity (Wildman–Crippen MR) is 110 cm³/mol. The number of hydrogen-bond acceptors (Lipinski definition) is 6. The topological polar surface area (TPSA) is 54.4 Å². The standard InChI is InChI=1S/C22H30N2O4/c1-26-21-8-5-7-19(14-21)24-12-10-23(11-13-24)15-20(25)17-28-16-18-6-3-4-9-22(18)27-2/h3-9,14,20,25H,10-13,15-17H2,1-2H3. The van der Waals surface area contributed by atoms with Crippen LogP contribution in [0.15, 0.2) is 48.5 Å². The Kier molecular flexibility index (Phi) is 7.54. The van der Waals surface area contributed by atoms with Gasteiger partial charge in [-0.25, -0.2) is 0 Å². The van der Waals surface area contributed by atoms with Crippen LogP contribution >= 0.6 is 0 Å². The Morgan fingerprint density at radius 2 is 1.75 bits per heavy atom. The fourth-order valence-corrected chi connectivity index (χ4v) is 3.47. The van der Waals surface area contributed by atoms with Gasteiger partial charge in [-0.05, 0) is 18.2 Å². The molecule has 1 fully saturated rings. The van der Waals surface area contributed by atoms with Crippen LogP contribution in [0.2, 0.25) is 0 Å². The van der Waals surface area contributed by atoms with E-state index in [0.717, 1.165) is 43.2 Å². The quantitative estimate of drug-likeness (QED) is 0.714. The molecule has 2 aromatic carbocycles. The van der Waals surface area contributed by atoms with E-state index in [-0.39, 0.29) is 0 Å². The van der Waals surface area contributed by atoms with Crippen LogP contribution in [0.3, 0.4) is 0 Å². The average molecular weight is 386 g/mol. The zero-order valence-corrected chi connectivity index (χ0v) is 16.7. The molecule has 1 atom stereocenters. The summed E-state index contributed by atoms with van der Waals surface area (Å²) in [5.74, 6) is 1.69. The third-order valence-electron chi connectivity index (χ3n) is 5.02. The third kappa shape index (κ3) is 5.61. The van der Waals surface area contributed by atoms with Crippen LogP contribution in [0.5, 0.6) is 11.5 Å². The van der Waals surface area contributed by atoms with Crippen LogP contribution in [0, 0.1) is 0 Å². The summed E-state index contributed by atoms with van der Waals surface area (Å²) in [6.07, 6.45) is -0.502. The highest BCUT2D eigenvalue weighted by molar-refractivity contribution is 5.51. The maximum absolute atomic E-state index is 10.3. The molecule has 0 aliphatic carbocycles. The number of aliphatic hydroxyl groups excluding tert-OH is 1. The van der Waals surface area contributed by atoms with E-state index in [2.05, 4.69) is 21.9 Å². The maximum atomic E-state index is 10.3. The summed E-state index contributed by atoms with van der Waals surface area (Å²) in [6, 6.07) is 15.9. The first-order chi connectivity index (χ1) is 13.7. The SMILES string of the molecule is COc1cccc(N2CCN(CC(O)COCc3ccccc3OC)CC2)c1. The van der Waals surface area contributed by atoms with Gasteiger partial charge >= 0.3 is 0 Å². The van der Waals surface area contributed by atoms with Gasteiger partial charge in [0.2, 0.25) is 0 Å². The fraction of sp³-hybridized carbons (Fsp3) is 0.455. The molecule has 0 saturated carbocycles. The van der Waals surface area contributed by atoms with Crippen molar-refractivity contribution in [3.63, 3.8) is 0 Å². The van der Waals surface area contributed by atoms with Gasteiger partial charge in [0.05, 0.1) is 33.5 Å². The lowest BCUT2D eigenvalue weighted by Crippen LogP contribution is -2.49. The van der Waals surface area contributed by atoms with Crippen molar-refractivity contribution in [2.75, 3.05) is 58.5 Å². The second-order valence-electron chi connectivity index (χ2n) is 6.97. The van der Waals surface area contributed by atoms with Gasteiger partial charge < -0.3 is 24.2 Å². The Morgan fingerprint density at radius 3 is 2.50 bits per heavy atom. The van der Waals surface area contributed by atoms with Gasteiger partial charge in [-0.3, -0.25) is 4.90 Å². The van der Waals surface area contributed by atoms with Crippen LogP contribution in [0.1, 0.15) is 5.56 Å². The molecular weight excluding hydrogens is 356 g/mol. The zero-order chi connectivity index (χ0) is 19.8. The van der Waals surface area contributed by atoms with E-state index in [4.69, 9.17) is 14.2 Å². The Bertz CT molecular complexity index is 732. The van der Waals surface area contributed by atoms with E-state index in [1.165, 1.54) is 5.69 Å². The van der Waals surface area contributed by atoms with Crippen LogP contribution in [-0.2, 0) is 11.3 Å². The highest BCUT2D eigenvalue weighted by Crippen LogP contribution is 2.22. The first-order valence-corrected chi connectivity index (χ1v) is 9.68. The van der Waals surface area contributed by atoms with Crippen molar-refractivity contribution < 1.29 is 19.3 Å². The Labute approximate surface area is 167 Å². The Hall–Kier alpha value is -2.28. The number of piperazine rings is 1. The first kappa shape index (κ1) is 20.5. The number of β-amino-alcohol motifs (C(OH)–C–C–N with tert-alkyl or cyclic N) is 1. The molecule has 0 aromatic heterocycles. The van der Waals surface area contributed by atoms with Crippen molar-refractivity contribution >= 4 is 5.69 Å². The van der Waals surface area contributed by atoms with Gasteiger partial charge in [0.1, 0.15) is 11.5 Å². The number of rotatable bonds is 9. The van der Waals surface area contributed by atoms with E-state index in [9.17, 15) is 5.11 Å². The van der Waals surface area contributed by atoms with E-state index in [1.807, 2.05) is 36.4 Å². The lowest BCUT2D eigenvalue weighted by molar-refractivity contribution is 0.00866. The van der Waals surface area contributed by atoms with E-state index < -0.39 is 6.10 Å². The summed E-state index contributed by atoms with van der Waals surface area (Å²) in [6.45, 7) is 5.07. The molecule has 0 bridgehead atoms. The molecule has 1 saturated heterocycles. The number of anilines is 1. The molecule has 1 N–H and O–H groups in total. The fourth-order valence-electron chi connectivity index (χ4n) is 3.47. The Morgan fingerprint density at radius 1 is 0.964 bits per heavy atom. The van der Waals surface area contributed by atoms with Gasteiger partial charge in [0.25, 0.3) is 0 Å². The third-order valence-corrected chi connectivity index (χ3v) is 5.02. The van der Waals surface area contributed by atoms with Crippen LogP contribution in [-0.4, -0.2) is 69.7 Å². The molecule has 1 heterocycles. The van der Waals surface area contributed by atoms with E-state index in [1.54, 1.807) is 14.2 Å². The lowest BCUT2D eigenvalue weighted by Gasteiger charge is -2.37. The minimum Gasteiger partial charge on any atom is -0.497 e. The molecule has 1 aliphatic rings. The van der Waals surface area contributed by atoms with Gasteiger partial charge in [-0.15, -0.1) is 0 Å². The molecule has 1 aliphatic heterocycles. The molecular formula is C22H30N2O4. The van der Waals surface area contributed by atoms with Gasteiger partial charge in [-0.1, -0.05) is 24.3 Å². The average Bonchev–Trinajstić information content (AvgIpc) is 2.74. The normalized spacial score (nSPS) is 16.0. The molecule has 6 heteroatoms. The number of hydrogen-bond donors (Lipinski definition) is 1. The Balaban J connectivity index is 1.39. The second-order valence-corrected chi connectivity index (χ2v) is 6.97. The van der Waals surface area contributed by atoms with E-state index >= 15 is 0 Å². The zero-order valence-electron chi connectivity index (χ0n) is 16.7. The molecule has 0 amide bonds. The number of para-hydroxylation sites is 1. The summed E-state index contributed by atoms with van der Waals surface area (Å²) in [7, 11) is 3.34. The number of aliphatic hydroxyl groups is 1. The van der Waals surface area contributed by atoms with Gasteiger partial charge in [0, 0.05) is 50.0 Å². The number of ether oxygens (including phenoxy) is 3. The molecule has 1 unspecified atom stereocenters. The largest absolute Gasteiger partial charge is 0.497 e. The van der Waals surface area contributed by atoms with Crippen LogP contribution < -0.4 is 14.4 Å². The van der Waals surface area contributed by atoms with E-state index in [0.29, 0.717) is 19.8 Å². The lowest BCUT2D eigenvalue weighted by atomic mass is 10.2. The number of methoxy groups -OCH3 is 2. The van der Waals surface area contributed by atoms with Crippen molar-refractivity contribution in [2.24, 2.45) is 0 Å². The summed E-state index contributed by atoms with van der Waals surface area (Å²) in [5.41, 5.74) is 2.17. The van der Waals surface area contributed by atoms with Crippen LogP contribution in [0.25, 0.3) is 0 Å². The molecule has 0 radical (unpaired) electrons. The molecule has 152 valence electrons. The smallest absolute Gasteiger partial charge is 0.124 e. The van der Waals surface area contributed by atoms with Crippen molar-refractivity contribution in [1.82, 2.24) is 4.90 Å². The van der Waals surface area contributed by atoms with Gasteiger partial charge in [0.15, 0.2) is 0 Å². The minimum atomic E-state index is -0.502. The highest BCUT2D eigenvalue weighted by atomic mass is 16.5. The second kappa shape index (κ2) is 10.3. The van der Waals surface area contributed by atoms with Crippen molar-refractivity contribution in [3.05, 3.63) is 54.1 Å². The van der Waals surface area contributed by atoms with Crippen molar-refractivity contribution in [3.8, 4) is 11.5 Å². The molecule has 3 rings (SSSR count). The summed E-state index contributed by atoms with van der Waals surface area (Å²) < 4.78 is 16.3. The summed E-state index contributed by atoms with van der Waals surface area (Å²) in [4.78, 5) is 4.64. The molecule has 0 spiro atoms. The highest BCUT2D eigenvalue weighted by Gasteiger charge is 2.20. The van der Waals surface area contributed by atoms with Crippen molar-refractivity contribution in [1.29, 1.82) is 0 Å². The molecule has 2 aromatic rings. The summed E-state index contributed by atoms with van der Waals surface area (Å²) >= 11 is 0. The van der Waals surface area contributed by atoms with Gasteiger partial charge in [-0.2, -0.15) is 0 Å². The van der Waals surface area contributed by atoms with Crippen molar-refractivity contribution in [2.45, 2.75) is 12.7 Å². The van der Waals surface area contributed by atoms with Crippen LogP contribution in [0.4, 0.5) is 5.69 Å². The monoisotopic (exact) mass is 386 g/mol. The number of benzene rings is 2. The molecule has 6 nitrogen and oxygen atoms in total. The maximum Gasteiger partial charge on any atom is 0.124 e. The summed E-state index contributed by atoms with van der Waals surface area (Å²) in [5, 5.41) is 10.3. The number of nitrogens with zero attached hydrogens (tertiary/aromatic N) is 2. The minimum absolute atomic E-state index is 0.314. The predicted octanol–water partition coefficient (Wildman–Crippen LogP) is 2.40. The first-order valence-electron chi connectivity index (χ1n) is 9.68.